The highest BCUT2D eigenvalue weighted by atomic mass is 32.2. The highest BCUT2D eigenvalue weighted by molar-refractivity contribution is 7.92. The van der Waals surface area contributed by atoms with Crippen molar-refractivity contribution in [1.82, 2.24) is 9.78 Å². The van der Waals surface area contributed by atoms with Crippen LogP contribution in [0.25, 0.3) is 0 Å². The van der Waals surface area contributed by atoms with E-state index < -0.39 is 28.1 Å². The molecule has 2 aliphatic rings. The van der Waals surface area contributed by atoms with E-state index >= 15 is 0 Å². The number of benzene rings is 1. The molecule has 1 aromatic carbocycles. The van der Waals surface area contributed by atoms with Crippen LogP contribution in [0.2, 0.25) is 0 Å². The van der Waals surface area contributed by atoms with Crippen molar-refractivity contribution in [3.63, 3.8) is 0 Å². The fourth-order valence-corrected chi connectivity index (χ4v) is 5.76. The molecule has 6 nitrogen and oxygen atoms in total. The molecule has 0 bridgehead atoms. The maximum Gasteiger partial charge on any atom is 0.233 e. The second-order valence-electron chi connectivity index (χ2n) is 8.34. The van der Waals surface area contributed by atoms with Crippen molar-refractivity contribution in [3.8, 4) is 0 Å². The first-order valence-corrected chi connectivity index (χ1v) is 11.7. The Labute approximate surface area is 174 Å². The Bertz CT molecular complexity index is 1010. The lowest BCUT2D eigenvalue weighted by Gasteiger charge is -2.20. The molecule has 4 rings (SSSR count). The van der Waals surface area contributed by atoms with Gasteiger partial charge in [0.1, 0.15) is 12.3 Å². The van der Waals surface area contributed by atoms with Crippen LogP contribution in [-0.4, -0.2) is 41.7 Å². The number of amides is 1. The lowest BCUT2D eigenvalue weighted by molar-refractivity contribution is -0.118. The second kappa shape index (κ2) is 8.09. The van der Waals surface area contributed by atoms with Crippen molar-refractivity contribution in [2.24, 2.45) is 13.0 Å². The molecule has 2 aromatic rings. The Morgan fingerprint density at radius 3 is 2.33 bits per heavy atom. The van der Waals surface area contributed by atoms with Crippen molar-refractivity contribution < 1.29 is 22.0 Å². The summed E-state index contributed by atoms with van der Waals surface area (Å²) in [5.74, 6) is -0.862. The topological polar surface area (TPSA) is 81.1 Å². The zero-order valence-corrected chi connectivity index (χ0v) is 17.5. The van der Waals surface area contributed by atoms with Crippen LogP contribution in [0.5, 0.6) is 0 Å². The lowest BCUT2D eigenvalue weighted by atomic mass is 9.87. The molecular weight excluding hydrogens is 412 g/mol. The van der Waals surface area contributed by atoms with Gasteiger partial charge in [-0.25, -0.2) is 17.2 Å². The van der Waals surface area contributed by atoms with Crippen LogP contribution < -0.4 is 5.32 Å². The minimum atomic E-state index is -3.32. The number of nitrogens with zero attached hydrogens (tertiary/aromatic N) is 2. The van der Waals surface area contributed by atoms with Gasteiger partial charge in [0.2, 0.25) is 5.91 Å². The maximum atomic E-state index is 13.7. The second-order valence-corrected chi connectivity index (χ2v) is 10.6. The molecule has 9 heteroatoms. The molecule has 2 aliphatic carbocycles. The number of hydrogen-bond acceptors (Lipinski definition) is 4. The highest BCUT2D eigenvalue weighted by Gasteiger charge is 2.38. The van der Waals surface area contributed by atoms with E-state index in [1.165, 1.54) is 12.1 Å². The Kier molecular flexibility index (Phi) is 5.65. The molecule has 1 heterocycles. The summed E-state index contributed by atoms with van der Waals surface area (Å²) in [7, 11) is -1.59. The Hall–Kier alpha value is -2.29. The van der Waals surface area contributed by atoms with E-state index in [1.807, 2.05) is 0 Å². The molecule has 0 saturated heterocycles. The molecule has 1 N–H and O–H groups in total. The first-order valence-electron chi connectivity index (χ1n) is 10.2. The van der Waals surface area contributed by atoms with Crippen molar-refractivity contribution in [1.29, 1.82) is 0 Å². The average Bonchev–Trinajstić information content (AvgIpc) is 3.42. The summed E-state index contributed by atoms with van der Waals surface area (Å²) in [4.78, 5) is 13.2. The summed E-state index contributed by atoms with van der Waals surface area (Å²) in [5.41, 5.74) is 0.621. The van der Waals surface area contributed by atoms with Gasteiger partial charge >= 0.3 is 0 Å². The number of alkyl halides is 2. The maximum absolute atomic E-state index is 13.7. The molecule has 0 spiro atoms. The molecule has 162 valence electrons. The fourth-order valence-electron chi connectivity index (χ4n) is 4.10. The largest absolute Gasteiger partial charge is 0.309 e. The van der Waals surface area contributed by atoms with E-state index in [0.717, 1.165) is 0 Å². The van der Waals surface area contributed by atoms with Crippen molar-refractivity contribution in [2.45, 2.75) is 60.5 Å². The van der Waals surface area contributed by atoms with Crippen LogP contribution in [0.3, 0.4) is 0 Å². The number of carbonyl (C=O) groups excluding carboxylic acids is 1. The van der Waals surface area contributed by atoms with Gasteiger partial charge < -0.3 is 5.32 Å². The van der Waals surface area contributed by atoms with Gasteiger partial charge in [0.05, 0.1) is 16.1 Å². The smallest absolute Gasteiger partial charge is 0.233 e. The van der Waals surface area contributed by atoms with Crippen molar-refractivity contribution in [2.75, 3.05) is 5.32 Å². The van der Waals surface area contributed by atoms with E-state index in [4.69, 9.17) is 0 Å². The number of sulfone groups is 1. The zero-order valence-electron chi connectivity index (χ0n) is 16.7. The van der Waals surface area contributed by atoms with Crippen LogP contribution in [0.1, 0.15) is 43.6 Å². The number of aromatic nitrogens is 2. The number of hydrogen-bond donors (Lipinski definition) is 1. The van der Waals surface area contributed by atoms with Crippen LogP contribution >= 0.6 is 0 Å². The number of halogens is 2. The van der Waals surface area contributed by atoms with E-state index in [-0.39, 0.29) is 41.2 Å². The average molecular weight is 438 g/mol. The van der Waals surface area contributed by atoms with E-state index in [2.05, 4.69) is 10.4 Å². The Balaban J connectivity index is 1.56. The molecule has 1 amide bonds. The predicted molar refractivity (Wildman–Crippen MR) is 108 cm³/mol. The van der Waals surface area contributed by atoms with Gasteiger partial charge in [-0.1, -0.05) is 12.1 Å². The molecular formula is C21H25F2N3O3S. The third-order valence-electron chi connectivity index (χ3n) is 5.93. The normalized spacial score (nSPS) is 25.2. The van der Waals surface area contributed by atoms with Crippen LogP contribution in [0.4, 0.5) is 14.6 Å². The van der Waals surface area contributed by atoms with Crippen molar-refractivity contribution >= 4 is 21.6 Å². The van der Waals surface area contributed by atoms with Gasteiger partial charge in [-0.3, -0.25) is 9.48 Å². The van der Waals surface area contributed by atoms with E-state index in [0.29, 0.717) is 24.2 Å². The fraction of sp³-hybridized carbons (Fsp3) is 0.524. The number of anilines is 1. The molecule has 2 fully saturated rings. The molecule has 0 aliphatic heterocycles. The van der Waals surface area contributed by atoms with Crippen molar-refractivity contribution in [3.05, 3.63) is 42.1 Å². The number of carbonyl (C=O) groups is 1. The third-order valence-corrected chi connectivity index (χ3v) is 8.21. The first-order chi connectivity index (χ1) is 14.2. The molecule has 4 atom stereocenters. The zero-order chi connectivity index (χ0) is 21.5. The summed E-state index contributed by atoms with van der Waals surface area (Å²) in [6, 6.07) is 7.97. The van der Waals surface area contributed by atoms with Gasteiger partial charge in [-0.15, -0.1) is 0 Å². The van der Waals surface area contributed by atoms with Crippen LogP contribution in [-0.2, 0) is 21.7 Å². The summed E-state index contributed by atoms with van der Waals surface area (Å²) < 4.78 is 53.8. The first kappa shape index (κ1) is 21.0. The van der Waals surface area contributed by atoms with Gasteiger partial charge in [-0.05, 0) is 55.7 Å². The lowest BCUT2D eigenvalue weighted by Crippen LogP contribution is -2.23. The molecule has 1 unspecified atom stereocenters. The van der Waals surface area contributed by atoms with Crippen LogP contribution in [0, 0.1) is 5.92 Å². The molecule has 30 heavy (non-hydrogen) atoms. The van der Waals surface area contributed by atoms with Gasteiger partial charge in [0.15, 0.2) is 15.7 Å². The number of rotatable bonds is 7. The minimum absolute atomic E-state index is 0.0860. The predicted octanol–water partition coefficient (Wildman–Crippen LogP) is 3.55. The third kappa shape index (κ3) is 4.40. The molecule has 0 radical (unpaired) electrons. The summed E-state index contributed by atoms with van der Waals surface area (Å²) >= 11 is 0. The summed E-state index contributed by atoms with van der Waals surface area (Å²) in [6.07, 6.45) is 0.506. The number of nitrogens with one attached hydrogen (secondary N) is 1. The standard InChI is InChI=1S/C21H25F2N3O3S/c1-26-9-8-20(25-26)24-21(27)17(10-13-11-18(22)19(23)12-13)14-2-4-15(5-3-14)30(28,29)16-6-7-16/h2-5,8-9,13,16-19H,6-7,10-12H2,1H3,(H,24,25,27)/t13-,17?,18+,19-. The molecule has 1 aromatic heterocycles. The minimum Gasteiger partial charge on any atom is -0.309 e. The summed E-state index contributed by atoms with van der Waals surface area (Å²) in [6.45, 7) is 0. The molecule has 2 saturated carbocycles. The highest BCUT2D eigenvalue weighted by Crippen LogP contribution is 2.39. The SMILES string of the molecule is Cn1ccc(NC(=O)C(C[C@H]2C[C@@H](F)[C@@H](F)C2)c2ccc(S(=O)(=O)C3CC3)cc2)n1. The Morgan fingerprint density at radius 2 is 1.80 bits per heavy atom. The van der Waals surface area contributed by atoms with E-state index in [1.54, 1.807) is 36.1 Å². The number of aryl methyl sites for hydroxylation is 1. The van der Waals surface area contributed by atoms with Gasteiger partial charge in [0, 0.05) is 19.3 Å². The van der Waals surface area contributed by atoms with Gasteiger partial charge in [-0.2, -0.15) is 5.10 Å². The van der Waals surface area contributed by atoms with E-state index in [9.17, 15) is 22.0 Å². The van der Waals surface area contributed by atoms with Gasteiger partial charge in [0.25, 0.3) is 0 Å². The quantitative estimate of drug-likeness (QED) is 0.718. The van der Waals surface area contributed by atoms with Crippen LogP contribution in [0.15, 0.2) is 41.4 Å². The Morgan fingerprint density at radius 1 is 1.17 bits per heavy atom. The monoisotopic (exact) mass is 437 g/mol. The summed E-state index contributed by atoms with van der Waals surface area (Å²) in [5, 5.41) is 6.58.